The van der Waals surface area contributed by atoms with Gasteiger partial charge >= 0.3 is 11.9 Å². The van der Waals surface area contributed by atoms with Gasteiger partial charge in [-0.25, -0.2) is 0 Å². The molecule has 3 rings (SSSR count). The van der Waals surface area contributed by atoms with Crippen LogP contribution in [0.3, 0.4) is 0 Å². The van der Waals surface area contributed by atoms with Crippen LogP contribution in [0.2, 0.25) is 0 Å². The van der Waals surface area contributed by atoms with Crippen LogP contribution >= 0.6 is 0 Å². The molecule has 0 saturated carbocycles. The summed E-state index contributed by atoms with van der Waals surface area (Å²) in [5.41, 5.74) is 0. The van der Waals surface area contributed by atoms with E-state index in [-0.39, 0.29) is 31.6 Å². The third-order valence-electron chi connectivity index (χ3n) is 12.5. The highest BCUT2D eigenvalue weighted by atomic mass is 16.7. The molecule has 3 heterocycles. The maximum absolute atomic E-state index is 13.1. The summed E-state index contributed by atoms with van der Waals surface area (Å²) in [6, 6.07) is -1.19. The number of ether oxygens (including phenoxy) is 5. The first-order valence-corrected chi connectivity index (χ1v) is 23.6. The highest BCUT2D eigenvalue weighted by Crippen LogP contribution is 2.38. The van der Waals surface area contributed by atoms with Crippen LogP contribution in [0, 0.1) is 17.8 Å². The van der Waals surface area contributed by atoms with E-state index in [1.54, 1.807) is 74.6 Å². The van der Waals surface area contributed by atoms with E-state index in [0.717, 1.165) is 7.11 Å². The van der Waals surface area contributed by atoms with Crippen LogP contribution in [0.1, 0.15) is 86.0 Å². The van der Waals surface area contributed by atoms with E-state index < -0.39 is 153 Å². The number of carbonyl (C=O) groups excluding carboxylic acids is 3. The van der Waals surface area contributed by atoms with Crippen molar-refractivity contribution < 1.29 is 89.1 Å². The first-order chi connectivity index (χ1) is 32.5. The molecule has 19 heteroatoms. The highest BCUT2D eigenvalue weighted by Gasteiger charge is 2.51. The Bertz CT molecular complexity index is 1800. The molecule has 19 nitrogen and oxygen atoms in total. The average Bonchev–Trinajstić information content (AvgIpc) is 3.26. The Kier molecular flexibility index (Phi) is 25.3. The van der Waals surface area contributed by atoms with Gasteiger partial charge in [-0.3, -0.25) is 14.4 Å². The molecule has 2 bridgehead atoms. The molecule has 3 aliphatic rings. The van der Waals surface area contributed by atoms with Crippen LogP contribution in [0.5, 0.6) is 0 Å². The van der Waals surface area contributed by atoms with Crippen molar-refractivity contribution in [3.05, 3.63) is 85.1 Å². The maximum Gasteiger partial charge on any atom is 0.313 e. The van der Waals surface area contributed by atoms with Gasteiger partial charge < -0.3 is 80.1 Å². The zero-order valence-corrected chi connectivity index (χ0v) is 40.4. The van der Waals surface area contributed by atoms with Gasteiger partial charge in [0.2, 0.25) is 5.91 Å². The van der Waals surface area contributed by atoms with Crippen molar-refractivity contribution in [1.29, 1.82) is 0 Å². The van der Waals surface area contributed by atoms with Crippen molar-refractivity contribution >= 4 is 17.8 Å². The van der Waals surface area contributed by atoms with Crippen LogP contribution in [0.15, 0.2) is 85.1 Å². The van der Waals surface area contributed by atoms with Gasteiger partial charge in [0, 0.05) is 44.4 Å². The van der Waals surface area contributed by atoms with Gasteiger partial charge in [-0.2, -0.15) is 0 Å². The first-order valence-electron chi connectivity index (χ1n) is 23.6. The van der Waals surface area contributed by atoms with Crippen molar-refractivity contribution in [1.82, 2.24) is 5.32 Å². The lowest BCUT2D eigenvalue weighted by Gasteiger charge is -2.45. The number of fused-ring (bicyclic) bond motifs is 2. The van der Waals surface area contributed by atoms with Gasteiger partial charge in [0.05, 0.1) is 80.6 Å². The average molecular weight is 980 g/mol. The predicted molar refractivity (Wildman–Crippen MR) is 251 cm³/mol. The fraction of sp³-hybridized carbons (Fsp3) is 0.660. The lowest BCUT2D eigenvalue weighted by molar-refractivity contribution is -0.309. The Balaban J connectivity index is 1.92. The largest absolute Gasteiger partial charge is 0.469 e. The minimum atomic E-state index is -2.30. The number of rotatable bonds is 4. The number of cyclic esters (lactones) is 1. The minimum Gasteiger partial charge on any atom is -0.469 e. The molecule has 0 aromatic carbocycles. The molecule has 19 atom stereocenters. The van der Waals surface area contributed by atoms with Crippen molar-refractivity contribution in [3.63, 3.8) is 0 Å². The zero-order chi connectivity index (χ0) is 51.4. The molecule has 19 unspecified atom stereocenters. The molecular formula is C50H77NO18. The summed E-state index contributed by atoms with van der Waals surface area (Å²) >= 11 is 0. The molecule has 0 radical (unpaired) electrons. The van der Waals surface area contributed by atoms with Gasteiger partial charge in [0.1, 0.15) is 24.2 Å². The predicted octanol–water partition coefficient (Wildman–Crippen LogP) is 0.978. The Labute approximate surface area is 404 Å². The molecule has 0 spiro atoms. The third-order valence-corrected chi connectivity index (χ3v) is 12.5. The van der Waals surface area contributed by atoms with E-state index >= 15 is 0 Å². The number of allylic oxidation sites excluding steroid dienone is 12. The number of amides is 1. The van der Waals surface area contributed by atoms with Crippen LogP contribution in [-0.4, -0.2) is 173 Å². The summed E-state index contributed by atoms with van der Waals surface area (Å²) in [5, 5.41) is 112. The zero-order valence-electron chi connectivity index (χ0n) is 40.4. The second-order valence-electron chi connectivity index (χ2n) is 18.4. The maximum atomic E-state index is 13.1. The van der Waals surface area contributed by atoms with E-state index in [4.69, 9.17) is 23.7 Å². The van der Waals surface area contributed by atoms with Crippen molar-refractivity contribution in [3.8, 4) is 0 Å². The van der Waals surface area contributed by atoms with Crippen LogP contribution in [-0.2, 0) is 38.1 Å². The van der Waals surface area contributed by atoms with E-state index in [0.29, 0.717) is 0 Å². The summed E-state index contributed by atoms with van der Waals surface area (Å²) in [6.45, 7) is 7.95. The van der Waals surface area contributed by atoms with Gasteiger partial charge in [-0.1, -0.05) is 98.9 Å². The number of carbonyl (C=O) groups is 3. The van der Waals surface area contributed by atoms with Crippen LogP contribution in [0.4, 0.5) is 0 Å². The lowest BCUT2D eigenvalue weighted by Crippen LogP contribution is -2.64. The fourth-order valence-electron chi connectivity index (χ4n) is 8.46. The van der Waals surface area contributed by atoms with E-state index in [9.17, 15) is 65.4 Å². The molecular weight excluding hydrogens is 903 g/mol. The number of hydrogen-bond acceptors (Lipinski definition) is 18. The molecule has 0 aromatic heterocycles. The number of aliphatic hydroxyl groups is 10. The van der Waals surface area contributed by atoms with Gasteiger partial charge in [0.25, 0.3) is 0 Å². The van der Waals surface area contributed by atoms with Gasteiger partial charge in [-0.15, -0.1) is 0 Å². The smallest absolute Gasteiger partial charge is 0.313 e. The molecule has 0 aliphatic carbocycles. The number of esters is 2. The summed E-state index contributed by atoms with van der Waals surface area (Å²) < 4.78 is 28.6. The Morgan fingerprint density at radius 1 is 0.667 bits per heavy atom. The molecule has 11 N–H and O–H groups in total. The summed E-state index contributed by atoms with van der Waals surface area (Å²) in [6.07, 6.45) is 3.52. The van der Waals surface area contributed by atoms with Crippen LogP contribution in [0.25, 0.3) is 0 Å². The first kappa shape index (κ1) is 59.4. The van der Waals surface area contributed by atoms with Crippen molar-refractivity contribution in [2.75, 3.05) is 7.11 Å². The summed E-state index contributed by atoms with van der Waals surface area (Å²) in [7, 11) is 1.10. The van der Waals surface area contributed by atoms with E-state index in [2.05, 4.69) is 5.32 Å². The highest BCUT2D eigenvalue weighted by molar-refractivity contribution is 5.74. The standard InChI is InChI=1S/C50H77NO18/c1-29-19-17-15-13-11-9-7-8-10-12-14-16-18-20-37(68-49-47(62)44(51-33(5)52)46(61)32(4)67-49)26-41-43(48(63)65-6)40(58)28-50(64,69-41)27-36(55)24-39(57)38(56)22-21-34(53)23-35(54)25-42(59)66-31(3)30(2)45(29)60/h7-20,29-32,34-41,43-47,49,53-58,60-62,64H,21-28H2,1-6H3,(H,51,52). The molecule has 2 fully saturated rings. The summed E-state index contributed by atoms with van der Waals surface area (Å²) in [4.78, 5) is 37.8. The molecule has 0 aromatic rings. The number of nitrogens with one attached hydrogen (secondary N) is 1. The Morgan fingerprint density at radius 2 is 1.25 bits per heavy atom. The van der Waals surface area contributed by atoms with Crippen LogP contribution < -0.4 is 5.32 Å². The van der Waals surface area contributed by atoms with Gasteiger partial charge in [0.15, 0.2) is 12.1 Å². The van der Waals surface area contributed by atoms with Crippen molar-refractivity contribution in [2.45, 2.75) is 183 Å². The molecule has 3 aliphatic heterocycles. The lowest BCUT2D eigenvalue weighted by atomic mass is 9.82. The summed E-state index contributed by atoms with van der Waals surface area (Å²) in [5.74, 6) is -6.58. The minimum absolute atomic E-state index is 0.107. The monoisotopic (exact) mass is 980 g/mol. The SMILES string of the molecule is COC(=O)C1C(O)CC2(O)CC(O)CC(O)C(O)CCC(O)CC(O)CC(=O)OC(C)C(C)C(O)C(C)C=CC=CC=CC=CC=CC=CC=CC(OC3OC(C)C(O)C(NC(C)=O)C3O)CC1O2. The second kappa shape index (κ2) is 29.4. The number of methoxy groups -OCH3 is 1. The second-order valence-corrected chi connectivity index (χ2v) is 18.4. The van der Waals surface area contributed by atoms with E-state index in [1.165, 1.54) is 19.9 Å². The molecule has 1 amide bonds. The molecule has 2 saturated heterocycles. The molecule has 69 heavy (non-hydrogen) atoms. The van der Waals surface area contributed by atoms with E-state index in [1.807, 2.05) is 25.2 Å². The number of hydrogen-bond donors (Lipinski definition) is 11. The number of aliphatic hydroxyl groups excluding tert-OH is 9. The Hall–Kier alpha value is -3.93. The van der Waals surface area contributed by atoms with Gasteiger partial charge in [-0.05, 0) is 33.1 Å². The normalized spacial score (nSPS) is 40.1. The fourth-order valence-corrected chi connectivity index (χ4v) is 8.46. The molecule has 390 valence electrons. The third kappa shape index (κ3) is 20.0. The Morgan fingerprint density at radius 3 is 1.83 bits per heavy atom. The quantitative estimate of drug-likeness (QED) is 0.175. The topological polar surface area (TPSA) is 312 Å². The van der Waals surface area contributed by atoms with Crippen molar-refractivity contribution in [2.24, 2.45) is 17.8 Å².